The molecule has 0 spiro atoms. The van der Waals surface area contributed by atoms with Gasteiger partial charge in [-0.2, -0.15) is 8.78 Å². The van der Waals surface area contributed by atoms with Gasteiger partial charge in [0.15, 0.2) is 0 Å². The lowest BCUT2D eigenvalue weighted by molar-refractivity contribution is -0.168. The third kappa shape index (κ3) is 11.7. The van der Waals surface area contributed by atoms with Crippen molar-refractivity contribution in [1.82, 2.24) is 15.6 Å². The number of aliphatic hydroxyl groups is 1. The van der Waals surface area contributed by atoms with Crippen molar-refractivity contribution in [3.05, 3.63) is 95.8 Å². The monoisotopic (exact) mass is 627 g/mol. The van der Waals surface area contributed by atoms with Crippen LogP contribution in [0.3, 0.4) is 0 Å². The van der Waals surface area contributed by atoms with Gasteiger partial charge in [-0.15, -0.1) is 0 Å². The largest absolute Gasteiger partial charge is 0.489 e. The fourth-order valence-corrected chi connectivity index (χ4v) is 4.24. The number of hydrogen-bond donors (Lipinski definition) is 3. The molecule has 0 bridgehead atoms. The zero-order valence-corrected chi connectivity index (χ0v) is 26.3. The zero-order valence-electron chi connectivity index (χ0n) is 26.3. The summed E-state index contributed by atoms with van der Waals surface area (Å²) in [6.07, 6.45) is -2.20. The Hall–Kier alpha value is -4.09. The van der Waals surface area contributed by atoms with Crippen molar-refractivity contribution in [2.75, 3.05) is 6.61 Å². The summed E-state index contributed by atoms with van der Waals surface area (Å²) in [7, 11) is 0. The number of aliphatic hydroxyl groups excluding tert-OH is 1. The normalized spacial score (nSPS) is 13.9. The van der Waals surface area contributed by atoms with E-state index < -0.39 is 41.7 Å². The Balaban J connectivity index is 1.70. The maximum absolute atomic E-state index is 15.6. The fourth-order valence-electron chi connectivity index (χ4n) is 4.24. The van der Waals surface area contributed by atoms with Crippen LogP contribution in [0.25, 0.3) is 0 Å². The Morgan fingerprint density at radius 1 is 0.867 bits per heavy atom. The van der Waals surface area contributed by atoms with Gasteiger partial charge in [-0.1, -0.05) is 62.4 Å². The van der Waals surface area contributed by atoms with E-state index >= 15 is 8.78 Å². The first-order valence-corrected chi connectivity index (χ1v) is 14.8. The van der Waals surface area contributed by atoms with Gasteiger partial charge in [-0.3, -0.25) is 9.78 Å². The summed E-state index contributed by atoms with van der Waals surface area (Å²) in [5.41, 5.74) is 1.23. The van der Waals surface area contributed by atoms with Gasteiger partial charge in [0.05, 0.1) is 31.0 Å². The molecule has 9 nitrogen and oxygen atoms in total. The van der Waals surface area contributed by atoms with Gasteiger partial charge in [0.2, 0.25) is 0 Å². The van der Waals surface area contributed by atoms with Crippen LogP contribution in [0, 0.1) is 5.92 Å². The van der Waals surface area contributed by atoms with E-state index in [-0.39, 0.29) is 25.6 Å². The van der Waals surface area contributed by atoms with Crippen molar-refractivity contribution < 1.29 is 37.7 Å². The molecule has 2 amide bonds. The average molecular weight is 628 g/mol. The number of carbonyl (C=O) groups is 2. The smallest absolute Gasteiger partial charge is 0.407 e. The lowest BCUT2D eigenvalue weighted by Gasteiger charge is -2.32. The van der Waals surface area contributed by atoms with Crippen LogP contribution in [0.4, 0.5) is 13.6 Å². The third-order valence-electron chi connectivity index (χ3n) is 6.78. The summed E-state index contributed by atoms with van der Waals surface area (Å²) in [6.45, 7) is 8.80. The predicted molar refractivity (Wildman–Crippen MR) is 166 cm³/mol. The van der Waals surface area contributed by atoms with Crippen molar-refractivity contribution in [3.63, 3.8) is 0 Å². The van der Waals surface area contributed by atoms with Gasteiger partial charge in [0.1, 0.15) is 24.1 Å². The fraction of sp³-hybridized carbons (Fsp3) is 0.441. The topological polar surface area (TPSA) is 119 Å². The second-order valence-corrected chi connectivity index (χ2v) is 12.1. The molecule has 3 N–H and O–H groups in total. The molecule has 3 aromatic rings. The highest BCUT2D eigenvalue weighted by atomic mass is 19.3. The Bertz CT molecular complexity index is 1340. The number of nitrogens with zero attached hydrogens (tertiary/aromatic N) is 1. The Morgan fingerprint density at radius 3 is 2.13 bits per heavy atom. The minimum atomic E-state index is -4.27. The molecule has 244 valence electrons. The lowest BCUT2D eigenvalue weighted by atomic mass is 9.96. The summed E-state index contributed by atoms with van der Waals surface area (Å²) in [4.78, 5) is 29.7. The molecule has 0 radical (unpaired) electrons. The minimum Gasteiger partial charge on any atom is -0.489 e. The standard InChI is InChI=1S/C34H43F2N3O6/c1-23(2)29(22-43-21-26-13-9-10-18-37-26)38-31(41)34(35,36)30(40)28(39-32(42)45-33(3,4)5)19-24-14-16-27(17-15-24)44-20-25-11-7-6-8-12-25/h6-18,23,28-30,40H,19-22H2,1-5H3,(H,38,41)(H,39,42)/t28?,29-,30?/m0/s1. The molecule has 0 aliphatic carbocycles. The van der Waals surface area contributed by atoms with Crippen LogP contribution < -0.4 is 15.4 Å². The number of rotatable bonds is 15. The Labute approximate surface area is 263 Å². The number of amides is 2. The quantitative estimate of drug-likeness (QED) is 0.205. The molecular formula is C34H43F2N3O6. The van der Waals surface area contributed by atoms with Crippen LogP contribution in [0.5, 0.6) is 5.75 Å². The zero-order chi connectivity index (χ0) is 33.0. The van der Waals surface area contributed by atoms with E-state index in [2.05, 4.69) is 15.6 Å². The van der Waals surface area contributed by atoms with Gasteiger partial charge in [-0.05, 0) is 68.5 Å². The van der Waals surface area contributed by atoms with Crippen LogP contribution in [-0.4, -0.2) is 58.4 Å². The predicted octanol–water partition coefficient (Wildman–Crippen LogP) is 5.45. The molecule has 45 heavy (non-hydrogen) atoms. The molecule has 2 aromatic carbocycles. The second-order valence-electron chi connectivity index (χ2n) is 12.1. The highest BCUT2D eigenvalue weighted by Gasteiger charge is 2.51. The molecule has 0 aliphatic heterocycles. The van der Waals surface area contributed by atoms with Crippen molar-refractivity contribution in [3.8, 4) is 5.75 Å². The first-order chi connectivity index (χ1) is 21.2. The summed E-state index contributed by atoms with van der Waals surface area (Å²) >= 11 is 0. The van der Waals surface area contributed by atoms with E-state index in [9.17, 15) is 14.7 Å². The van der Waals surface area contributed by atoms with Crippen LogP contribution in [0.1, 0.15) is 51.4 Å². The summed E-state index contributed by atoms with van der Waals surface area (Å²) < 4.78 is 47.8. The van der Waals surface area contributed by atoms with Gasteiger partial charge in [0, 0.05) is 6.20 Å². The SMILES string of the molecule is CC(C)[C@H](COCc1ccccn1)NC(=O)C(F)(F)C(O)C(Cc1ccc(OCc2ccccc2)cc1)NC(=O)OC(C)(C)C. The third-order valence-corrected chi connectivity index (χ3v) is 6.78. The summed E-state index contributed by atoms with van der Waals surface area (Å²) in [5, 5.41) is 15.6. The molecule has 0 fully saturated rings. The molecule has 11 heteroatoms. The van der Waals surface area contributed by atoms with E-state index in [1.165, 1.54) is 0 Å². The molecule has 1 heterocycles. The van der Waals surface area contributed by atoms with Gasteiger partial charge < -0.3 is 30.0 Å². The number of nitrogens with one attached hydrogen (secondary N) is 2. The first kappa shape index (κ1) is 35.4. The van der Waals surface area contributed by atoms with E-state index in [4.69, 9.17) is 14.2 Å². The molecule has 0 saturated carbocycles. The number of halogens is 2. The number of carbonyl (C=O) groups excluding carboxylic acids is 2. The van der Waals surface area contributed by atoms with Crippen molar-refractivity contribution in [2.24, 2.45) is 5.92 Å². The Kier molecular flexibility index (Phi) is 12.8. The minimum absolute atomic E-state index is 0.0512. The van der Waals surface area contributed by atoms with Crippen molar-refractivity contribution >= 4 is 12.0 Å². The number of hydrogen-bond acceptors (Lipinski definition) is 7. The van der Waals surface area contributed by atoms with Gasteiger partial charge in [-0.25, -0.2) is 4.79 Å². The number of ether oxygens (including phenoxy) is 3. The molecule has 0 aliphatic rings. The highest BCUT2D eigenvalue weighted by Crippen LogP contribution is 2.26. The number of pyridine rings is 1. The maximum Gasteiger partial charge on any atom is 0.407 e. The highest BCUT2D eigenvalue weighted by molar-refractivity contribution is 5.84. The molecular weight excluding hydrogens is 584 g/mol. The van der Waals surface area contributed by atoms with Crippen molar-refractivity contribution in [1.29, 1.82) is 0 Å². The van der Waals surface area contributed by atoms with Crippen LogP contribution in [-0.2, 0) is 33.9 Å². The van der Waals surface area contributed by atoms with E-state index in [0.29, 0.717) is 23.6 Å². The molecule has 3 atom stereocenters. The van der Waals surface area contributed by atoms with Crippen LogP contribution >= 0.6 is 0 Å². The van der Waals surface area contributed by atoms with Crippen LogP contribution in [0.15, 0.2) is 79.0 Å². The number of alkyl halides is 2. The summed E-state index contributed by atoms with van der Waals surface area (Å²) in [5.74, 6) is -5.67. The summed E-state index contributed by atoms with van der Waals surface area (Å²) in [6, 6.07) is 19.1. The molecule has 0 saturated heterocycles. The number of aromatic nitrogens is 1. The number of benzene rings is 2. The molecule has 3 rings (SSSR count). The van der Waals surface area contributed by atoms with E-state index in [1.54, 1.807) is 83.3 Å². The Morgan fingerprint density at radius 2 is 1.53 bits per heavy atom. The van der Waals surface area contributed by atoms with Crippen LogP contribution in [0.2, 0.25) is 0 Å². The maximum atomic E-state index is 15.6. The second kappa shape index (κ2) is 16.3. The van der Waals surface area contributed by atoms with Gasteiger partial charge in [0.25, 0.3) is 5.91 Å². The van der Waals surface area contributed by atoms with E-state index in [1.807, 2.05) is 30.3 Å². The average Bonchev–Trinajstić information content (AvgIpc) is 2.99. The van der Waals surface area contributed by atoms with Gasteiger partial charge >= 0.3 is 12.0 Å². The molecule has 1 aromatic heterocycles. The first-order valence-electron chi connectivity index (χ1n) is 14.8. The number of alkyl carbamates (subject to hydrolysis) is 1. The van der Waals surface area contributed by atoms with Crippen molar-refractivity contribution in [2.45, 2.75) is 84.0 Å². The lowest BCUT2D eigenvalue weighted by Crippen LogP contribution is -2.60. The van der Waals surface area contributed by atoms with E-state index in [0.717, 1.165) is 5.56 Å². The molecule has 2 unspecified atom stereocenters.